The normalized spacial score (nSPS) is 25.0. The third-order valence-electron chi connectivity index (χ3n) is 3.80. The molecule has 0 aliphatic heterocycles. The molecule has 17 heavy (non-hydrogen) atoms. The Labute approximate surface area is 107 Å². The number of fused-ring (bicyclic) bond motifs is 1. The predicted molar refractivity (Wildman–Crippen MR) is 72.6 cm³/mol. The number of alkyl halides is 1. The molecule has 0 radical (unpaired) electrons. The maximum atomic E-state index is 6.50. The average molecular weight is 246 g/mol. The first-order valence-corrected chi connectivity index (χ1v) is 6.76. The molecular weight excluding hydrogens is 230 g/mol. The molecule has 1 aromatic heterocycles. The minimum Gasteiger partial charge on any atom is -0.264 e. The van der Waals surface area contributed by atoms with Gasteiger partial charge in [-0.25, -0.2) is 0 Å². The summed E-state index contributed by atoms with van der Waals surface area (Å²) in [6.45, 7) is 0. The van der Waals surface area contributed by atoms with Gasteiger partial charge in [0.25, 0.3) is 0 Å². The van der Waals surface area contributed by atoms with Gasteiger partial charge in [-0.1, -0.05) is 31.0 Å². The third kappa shape index (κ3) is 2.04. The van der Waals surface area contributed by atoms with Gasteiger partial charge in [-0.05, 0) is 29.9 Å². The van der Waals surface area contributed by atoms with Gasteiger partial charge in [-0.2, -0.15) is 0 Å². The topological polar surface area (TPSA) is 12.9 Å². The molecule has 0 saturated heterocycles. The van der Waals surface area contributed by atoms with Crippen LogP contribution in [0.1, 0.15) is 37.2 Å². The highest BCUT2D eigenvalue weighted by Crippen LogP contribution is 2.39. The van der Waals surface area contributed by atoms with Gasteiger partial charge < -0.3 is 0 Å². The molecule has 1 aromatic carbocycles. The highest BCUT2D eigenvalue weighted by Gasteiger charge is 2.25. The zero-order valence-electron chi connectivity index (χ0n) is 9.77. The van der Waals surface area contributed by atoms with Gasteiger partial charge in [-0.15, -0.1) is 11.6 Å². The Morgan fingerprint density at radius 1 is 1.12 bits per heavy atom. The van der Waals surface area contributed by atoms with Gasteiger partial charge in [0.2, 0.25) is 0 Å². The Morgan fingerprint density at radius 3 is 2.88 bits per heavy atom. The highest BCUT2D eigenvalue weighted by atomic mass is 35.5. The Bertz CT molecular complexity index is 518. The molecule has 1 aliphatic rings. The number of nitrogens with zero attached hydrogens (tertiary/aromatic N) is 1. The number of halogens is 1. The van der Waals surface area contributed by atoms with Gasteiger partial charge in [0.15, 0.2) is 0 Å². The number of rotatable bonds is 1. The molecule has 0 spiro atoms. The number of benzene rings is 1. The second kappa shape index (κ2) is 4.66. The molecule has 0 amide bonds. The molecule has 1 heterocycles. The van der Waals surface area contributed by atoms with Crippen molar-refractivity contribution in [3.05, 3.63) is 42.2 Å². The number of pyridine rings is 1. The van der Waals surface area contributed by atoms with Crippen LogP contribution >= 0.6 is 11.6 Å². The minimum absolute atomic E-state index is 0.294. The summed E-state index contributed by atoms with van der Waals surface area (Å²) in [4.78, 5) is 4.19. The first-order valence-electron chi connectivity index (χ1n) is 6.33. The van der Waals surface area contributed by atoms with E-state index < -0.39 is 0 Å². The molecule has 88 valence electrons. The van der Waals surface area contributed by atoms with Crippen LogP contribution in [0.15, 0.2) is 36.7 Å². The molecule has 2 atom stereocenters. The van der Waals surface area contributed by atoms with Crippen LogP contribution in [0.5, 0.6) is 0 Å². The molecule has 2 unspecified atom stereocenters. The first kappa shape index (κ1) is 11.0. The van der Waals surface area contributed by atoms with E-state index in [2.05, 4.69) is 29.2 Å². The van der Waals surface area contributed by atoms with Crippen molar-refractivity contribution < 1.29 is 0 Å². The Hall–Kier alpha value is -1.08. The molecule has 1 saturated carbocycles. The van der Waals surface area contributed by atoms with Gasteiger partial charge in [0.1, 0.15) is 0 Å². The minimum atomic E-state index is 0.294. The summed E-state index contributed by atoms with van der Waals surface area (Å²) in [5.74, 6) is 0.511. The van der Waals surface area contributed by atoms with E-state index in [4.69, 9.17) is 11.6 Å². The summed E-state index contributed by atoms with van der Waals surface area (Å²) < 4.78 is 0. The summed E-state index contributed by atoms with van der Waals surface area (Å²) in [5, 5.41) is 2.84. The second-order valence-corrected chi connectivity index (χ2v) is 5.41. The summed E-state index contributed by atoms with van der Waals surface area (Å²) in [5.41, 5.74) is 1.41. The number of hydrogen-bond donors (Lipinski definition) is 0. The molecule has 1 fully saturated rings. The standard InChI is InChI=1S/C15H16ClN/c16-15-7-2-1-5-14(15)13-6-3-4-11-10-17-9-8-12(11)13/h3-4,6,8-10,14-15H,1-2,5,7H2. The lowest BCUT2D eigenvalue weighted by Crippen LogP contribution is -2.17. The van der Waals surface area contributed by atoms with E-state index >= 15 is 0 Å². The molecule has 1 aliphatic carbocycles. The number of hydrogen-bond acceptors (Lipinski definition) is 1. The van der Waals surface area contributed by atoms with Crippen LogP contribution in [0, 0.1) is 0 Å². The van der Waals surface area contributed by atoms with Crippen molar-refractivity contribution in [2.75, 3.05) is 0 Å². The fraction of sp³-hybridized carbons (Fsp3) is 0.400. The summed E-state index contributed by atoms with van der Waals surface area (Å²) in [7, 11) is 0. The summed E-state index contributed by atoms with van der Waals surface area (Å²) >= 11 is 6.50. The van der Waals surface area contributed by atoms with Crippen LogP contribution in [-0.4, -0.2) is 10.4 Å². The molecule has 0 bridgehead atoms. The van der Waals surface area contributed by atoms with Crippen molar-refractivity contribution in [1.29, 1.82) is 0 Å². The lowest BCUT2D eigenvalue weighted by atomic mass is 9.82. The van der Waals surface area contributed by atoms with Crippen molar-refractivity contribution in [3.8, 4) is 0 Å². The molecule has 2 heteroatoms. The Kier molecular flexibility index (Phi) is 3.02. The fourth-order valence-electron chi connectivity index (χ4n) is 2.91. The molecule has 1 nitrogen and oxygen atoms in total. The largest absolute Gasteiger partial charge is 0.264 e. The van der Waals surface area contributed by atoms with E-state index in [1.165, 1.54) is 35.6 Å². The van der Waals surface area contributed by atoms with Crippen molar-refractivity contribution >= 4 is 22.4 Å². The lowest BCUT2D eigenvalue weighted by molar-refractivity contribution is 0.452. The highest BCUT2D eigenvalue weighted by molar-refractivity contribution is 6.21. The van der Waals surface area contributed by atoms with E-state index in [-0.39, 0.29) is 0 Å². The third-order valence-corrected chi connectivity index (χ3v) is 4.32. The first-order chi connectivity index (χ1) is 8.36. The molecule has 0 N–H and O–H groups in total. The lowest BCUT2D eigenvalue weighted by Gasteiger charge is -2.28. The van der Waals surface area contributed by atoms with Crippen LogP contribution in [-0.2, 0) is 0 Å². The smallest absolute Gasteiger partial charge is 0.0404 e. The molecular formula is C15H16ClN. The predicted octanol–water partition coefficient (Wildman–Crippen LogP) is 4.50. The van der Waals surface area contributed by atoms with E-state index in [1.807, 2.05) is 12.4 Å². The van der Waals surface area contributed by atoms with E-state index in [9.17, 15) is 0 Å². The maximum Gasteiger partial charge on any atom is 0.0404 e. The number of aromatic nitrogens is 1. The van der Waals surface area contributed by atoms with Crippen LogP contribution < -0.4 is 0 Å². The van der Waals surface area contributed by atoms with Gasteiger partial charge in [0, 0.05) is 29.1 Å². The van der Waals surface area contributed by atoms with Crippen LogP contribution in [0.2, 0.25) is 0 Å². The Morgan fingerprint density at radius 2 is 2.00 bits per heavy atom. The van der Waals surface area contributed by atoms with Gasteiger partial charge in [0.05, 0.1) is 0 Å². The second-order valence-electron chi connectivity index (χ2n) is 4.85. The van der Waals surface area contributed by atoms with Crippen molar-refractivity contribution in [3.63, 3.8) is 0 Å². The van der Waals surface area contributed by atoms with Crippen LogP contribution in [0.4, 0.5) is 0 Å². The van der Waals surface area contributed by atoms with E-state index in [0.29, 0.717) is 11.3 Å². The molecule has 2 aromatic rings. The maximum absolute atomic E-state index is 6.50. The quantitative estimate of drug-likeness (QED) is 0.674. The van der Waals surface area contributed by atoms with Gasteiger partial charge >= 0.3 is 0 Å². The van der Waals surface area contributed by atoms with Crippen LogP contribution in [0.25, 0.3) is 10.8 Å². The monoisotopic (exact) mass is 245 g/mol. The van der Waals surface area contributed by atoms with Crippen molar-refractivity contribution in [1.82, 2.24) is 4.98 Å². The zero-order chi connectivity index (χ0) is 11.7. The SMILES string of the molecule is ClC1CCCCC1c1cccc2cnccc12. The van der Waals surface area contributed by atoms with Crippen molar-refractivity contribution in [2.45, 2.75) is 37.0 Å². The summed E-state index contributed by atoms with van der Waals surface area (Å²) in [6, 6.07) is 8.59. The van der Waals surface area contributed by atoms with Crippen molar-refractivity contribution in [2.24, 2.45) is 0 Å². The zero-order valence-corrected chi connectivity index (χ0v) is 10.5. The Balaban J connectivity index is 2.10. The fourth-order valence-corrected chi connectivity index (χ4v) is 3.32. The van der Waals surface area contributed by atoms with Gasteiger partial charge in [-0.3, -0.25) is 4.98 Å². The van der Waals surface area contributed by atoms with E-state index in [0.717, 1.165) is 6.42 Å². The van der Waals surface area contributed by atoms with E-state index in [1.54, 1.807) is 0 Å². The molecule has 3 rings (SSSR count). The summed E-state index contributed by atoms with van der Waals surface area (Å²) in [6.07, 6.45) is 8.75. The average Bonchev–Trinajstić information content (AvgIpc) is 2.39. The van der Waals surface area contributed by atoms with Crippen LogP contribution in [0.3, 0.4) is 0 Å².